The van der Waals surface area contributed by atoms with Gasteiger partial charge in [-0.25, -0.2) is 9.59 Å². The summed E-state index contributed by atoms with van der Waals surface area (Å²) in [6, 6.07) is 2.79. The zero-order chi connectivity index (χ0) is 14.2. The molecule has 0 unspecified atom stereocenters. The number of carbonyl (C=O) groups excluding carboxylic acids is 1. The van der Waals surface area contributed by atoms with Crippen LogP contribution in [0.2, 0.25) is 0 Å². The molecule has 6 nitrogen and oxygen atoms in total. The molecule has 0 saturated heterocycles. The lowest BCUT2D eigenvalue weighted by Gasteiger charge is -2.09. The standard InChI is InChI=1S/C13H12O6/c1-6-9(12(15)16)4-7-3-8(18-2)5-10(14)11(7)13(17)19-6/h3,5,14H,4H2,1-2H3,(H,15,16). The second-order valence-electron chi connectivity index (χ2n) is 4.09. The van der Waals surface area contributed by atoms with Gasteiger partial charge < -0.3 is 19.7 Å². The molecule has 0 fully saturated rings. The Morgan fingerprint density at radius 1 is 1.42 bits per heavy atom. The van der Waals surface area contributed by atoms with Gasteiger partial charge in [-0.15, -0.1) is 0 Å². The quantitative estimate of drug-likeness (QED) is 0.786. The molecule has 6 heteroatoms. The molecular weight excluding hydrogens is 252 g/mol. The number of rotatable bonds is 2. The van der Waals surface area contributed by atoms with Gasteiger partial charge in [-0.3, -0.25) is 0 Å². The van der Waals surface area contributed by atoms with Gasteiger partial charge in [-0.2, -0.15) is 0 Å². The van der Waals surface area contributed by atoms with Crippen molar-refractivity contribution in [3.8, 4) is 11.5 Å². The van der Waals surface area contributed by atoms with E-state index in [1.165, 1.54) is 26.2 Å². The number of hydrogen-bond acceptors (Lipinski definition) is 5. The van der Waals surface area contributed by atoms with Crippen LogP contribution in [0.15, 0.2) is 23.5 Å². The Labute approximate surface area is 108 Å². The first-order valence-electron chi connectivity index (χ1n) is 5.49. The number of carboxylic acids is 1. The normalized spacial score (nSPS) is 14.5. The number of phenols is 1. The number of allylic oxidation sites excluding steroid dienone is 1. The molecule has 1 aromatic carbocycles. The lowest BCUT2D eigenvalue weighted by atomic mass is 9.99. The lowest BCUT2D eigenvalue weighted by molar-refractivity contribution is -0.132. The van der Waals surface area contributed by atoms with Crippen LogP contribution in [0.4, 0.5) is 0 Å². The molecule has 0 amide bonds. The lowest BCUT2D eigenvalue weighted by Crippen LogP contribution is -2.06. The van der Waals surface area contributed by atoms with Crippen molar-refractivity contribution in [3.05, 3.63) is 34.6 Å². The highest BCUT2D eigenvalue weighted by Crippen LogP contribution is 2.33. The smallest absolute Gasteiger partial charge is 0.347 e. The molecular formula is C13H12O6. The average molecular weight is 264 g/mol. The minimum absolute atomic E-state index is 0.0204. The molecule has 1 aliphatic rings. The Morgan fingerprint density at radius 2 is 2.11 bits per heavy atom. The van der Waals surface area contributed by atoms with Crippen molar-refractivity contribution in [2.24, 2.45) is 0 Å². The van der Waals surface area contributed by atoms with Crippen molar-refractivity contribution < 1.29 is 29.3 Å². The maximum atomic E-state index is 11.9. The van der Waals surface area contributed by atoms with Gasteiger partial charge in [0.2, 0.25) is 0 Å². The van der Waals surface area contributed by atoms with Crippen LogP contribution in [0.3, 0.4) is 0 Å². The predicted molar refractivity (Wildman–Crippen MR) is 64.1 cm³/mol. The Morgan fingerprint density at radius 3 is 2.68 bits per heavy atom. The summed E-state index contributed by atoms with van der Waals surface area (Å²) in [4.78, 5) is 23.0. The van der Waals surface area contributed by atoms with Gasteiger partial charge in [-0.05, 0) is 18.6 Å². The van der Waals surface area contributed by atoms with Crippen molar-refractivity contribution in [1.29, 1.82) is 0 Å². The molecule has 1 aliphatic heterocycles. The molecule has 1 aromatic rings. The van der Waals surface area contributed by atoms with E-state index in [1.54, 1.807) is 0 Å². The maximum Gasteiger partial charge on any atom is 0.347 e. The molecule has 0 aliphatic carbocycles. The van der Waals surface area contributed by atoms with E-state index in [9.17, 15) is 14.7 Å². The monoisotopic (exact) mass is 264 g/mol. The molecule has 19 heavy (non-hydrogen) atoms. The number of benzene rings is 1. The zero-order valence-corrected chi connectivity index (χ0v) is 10.4. The van der Waals surface area contributed by atoms with E-state index in [0.717, 1.165) is 0 Å². The van der Waals surface area contributed by atoms with Crippen LogP contribution in [0.5, 0.6) is 11.5 Å². The molecule has 0 radical (unpaired) electrons. The minimum Gasteiger partial charge on any atom is -0.507 e. The summed E-state index contributed by atoms with van der Waals surface area (Å²) >= 11 is 0. The van der Waals surface area contributed by atoms with Crippen molar-refractivity contribution >= 4 is 11.9 Å². The van der Waals surface area contributed by atoms with Crippen molar-refractivity contribution in [2.75, 3.05) is 7.11 Å². The van der Waals surface area contributed by atoms with Crippen LogP contribution in [-0.4, -0.2) is 29.3 Å². The van der Waals surface area contributed by atoms with Gasteiger partial charge in [0.15, 0.2) is 0 Å². The third-order valence-corrected chi connectivity index (χ3v) is 2.91. The largest absolute Gasteiger partial charge is 0.507 e. The number of aromatic hydroxyl groups is 1. The number of ether oxygens (including phenoxy) is 2. The first kappa shape index (κ1) is 12.9. The molecule has 2 N–H and O–H groups in total. The first-order chi connectivity index (χ1) is 8.93. The number of aliphatic carboxylic acids is 1. The van der Waals surface area contributed by atoms with Gasteiger partial charge in [0.1, 0.15) is 22.8 Å². The van der Waals surface area contributed by atoms with Crippen LogP contribution >= 0.6 is 0 Å². The number of carboxylic acid groups (broad SMARTS) is 1. The first-order valence-corrected chi connectivity index (χ1v) is 5.49. The van der Waals surface area contributed by atoms with E-state index in [4.69, 9.17) is 14.6 Å². The van der Waals surface area contributed by atoms with Crippen LogP contribution in [-0.2, 0) is 16.0 Å². The summed E-state index contributed by atoms with van der Waals surface area (Å²) in [6.45, 7) is 1.40. The molecule has 1 heterocycles. The molecule has 0 spiro atoms. The number of hydrogen-bond donors (Lipinski definition) is 2. The maximum absolute atomic E-state index is 11.9. The van der Waals surface area contributed by atoms with Gasteiger partial charge in [0, 0.05) is 12.5 Å². The van der Waals surface area contributed by atoms with Crippen LogP contribution in [0.25, 0.3) is 0 Å². The second-order valence-corrected chi connectivity index (χ2v) is 4.09. The predicted octanol–water partition coefficient (Wildman–Crippen LogP) is 1.47. The van der Waals surface area contributed by atoms with Gasteiger partial charge in [0.05, 0.1) is 12.7 Å². The second kappa shape index (κ2) is 4.64. The summed E-state index contributed by atoms with van der Waals surface area (Å²) in [5.41, 5.74) is 0.298. The number of fused-ring (bicyclic) bond motifs is 1. The van der Waals surface area contributed by atoms with Crippen LogP contribution < -0.4 is 4.74 Å². The number of phenolic OH excluding ortho intramolecular Hbond substituents is 1. The SMILES string of the molecule is COc1cc(O)c2c(c1)CC(C(=O)O)=C(C)OC2=O. The Balaban J connectivity index is 2.62. The topological polar surface area (TPSA) is 93.1 Å². The van der Waals surface area contributed by atoms with Crippen molar-refractivity contribution in [2.45, 2.75) is 13.3 Å². The third-order valence-electron chi connectivity index (χ3n) is 2.91. The van der Waals surface area contributed by atoms with E-state index in [1.807, 2.05) is 0 Å². The highest BCUT2D eigenvalue weighted by molar-refractivity contribution is 5.98. The van der Waals surface area contributed by atoms with E-state index < -0.39 is 11.9 Å². The van der Waals surface area contributed by atoms with Crippen molar-refractivity contribution in [1.82, 2.24) is 0 Å². The highest BCUT2D eigenvalue weighted by Gasteiger charge is 2.28. The van der Waals surface area contributed by atoms with Crippen LogP contribution in [0.1, 0.15) is 22.8 Å². The fraction of sp³-hybridized carbons (Fsp3) is 0.231. The third kappa shape index (κ3) is 2.24. The molecule has 2 rings (SSSR count). The van der Waals surface area contributed by atoms with Crippen molar-refractivity contribution in [3.63, 3.8) is 0 Å². The molecule has 0 aromatic heterocycles. The fourth-order valence-electron chi connectivity index (χ4n) is 1.94. The fourth-order valence-corrected chi connectivity index (χ4v) is 1.94. The number of methoxy groups -OCH3 is 1. The minimum atomic E-state index is -1.17. The number of esters is 1. The van der Waals surface area contributed by atoms with Gasteiger partial charge in [0.25, 0.3) is 0 Å². The molecule has 0 bridgehead atoms. The average Bonchev–Trinajstić information content (AvgIpc) is 2.46. The van der Waals surface area contributed by atoms with E-state index in [-0.39, 0.29) is 29.1 Å². The summed E-state index contributed by atoms with van der Waals surface area (Å²) in [5, 5.41) is 18.9. The van der Waals surface area contributed by atoms with E-state index >= 15 is 0 Å². The van der Waals surface area contributed by atoms with Crippen LogP contribution in [0, 0.1) is 0 Å². The van der Waals surface area contributed by atoms with E-state index in [0.29, 0.717) is 11.3 Å². The number of cyclic esters (lactones) is 1. The van der Waals surface area contributed by atoms with Gasteiger partial charge >= 0.3 is 11.9 Å². The summed E-state index contributed by atoms with van der Waals surface area (Å²) in [7, 11) is 1.41. The highest BCUT2D eigenvalue weighted by atomic mass is 16.5. The summed E-state index contributed by atoms with van der Waals surface area (Å²) < 4.78 is 9.91. The Hall–Kier alpha value is -2.50. The Kier molecular flexibility index (Phi) is 3.16. The molecule has 0 saturated carbocycles. The van der Waals surface area contributed by atoms with E-state index in [2.05, 4.69) is 0 Å². The van der Waals surface area contributed by atoms with Gasteiger partial charge in [-0.1, -0.05) is 0 Å². The summed E-state index contributed by atoms with van der Waals surface area (Å²) in [6.07, 6.45) is -0.0208. The summed E-state index contributed by atoms with van der Waals surface area (Å²) in [5.74, 6) is -1.87. The Bertz CT molecular complexity index is 599. The molecule has 100 valence electrons. The zero-order valence-electron chi connectivity index (χ0n) is 10.4. The molecule has 0 atom stereocenters. The number of carbonyl (C=O) groups is 2.